The molecular weight excluding hydrogens is 286 g/mol. The van der Waals surface area contributed by atoms with Crippen molar-refractivity contribution in [3.63, 3.8) is 0 Å². The third-order valence-corrected chi connectivity index (χ3v) is 5.80. The van der Waals surface area contributed by atoms with Crippen molar-refractivity contribution in [3.8, 4) is 0 Å². The maximum absolute atomic E-state index is 5.69. The zero-order chi connectivity index (χ0) is 15.5. The summed E-state index contributed by atoms with van der Waals surface area (Å²) < 4.78 is 5.69. The average Bonchev–Trinajstić information content (AvgIpc) is 3.26. The molecule has 4 atom stereocenters. The molecule has 2 aliphatic heterocycles. The van der Waals surface area contributed by atoms with Crippen LogP contribution in [0.1, 0.15) is 25.7 Å². The Morgan fingerprint density at radius 2 is 2.04 bits per heavy atom. The predicted octanol–water partition coefficient (Wildman–Crippen LogP) is 2.01. The van der Waals surface area contributed by atoms with E-state index in [2.05, 4.69) is 45.9 Å². The van der Waals surface area contributed by atoms with Crippen LogP contribution in [-0.4, -0.2) is 51.0 Å². The van der Waals surface area contributed by atoms with E-state index in [9.17, 15) is 0 Å². The number of anilines is 1. The van der Waals surface area contributed by atoms with E-state index in [0.29, 0.717) is 18.1 Å². The Balaban J connectivity index is 1.33. The third-order valence-electron chi connectivity index (χ3n) is 5.80. The first kappa shape index (κ1) is 15.4. The van der Waals surface area contributed by atoms with Gasteiger partial charge in [0.2, 0.25) is 0 Å². The number of nitrogens with zero attached hydrogens (tertiary/aromatic N) is 1. The SMILES string of the molecule is c1ccc(N2CCC(NC3CCCC3C3COCCN3)C2)cc1. The number of hydrogen-bond donors (Lipinski definition) is 2. The lowest BCUT2D eigenvalue weighted by Gasteiger charge is -2.34. The molecule has 2 heterocycles. The fourth-order valence-electron chi connectivity index (χ4n) is 4.61. The number of para-hydroxylation sites is 1. The van der Waals surface area contributed by atoms with Crippen LogP contribution in [-0.2, 0) is 4.74 Å². The van der Waals surface area contributed by atoms with Gasteiger partial charge in [0.05, 0.1) is 13.2 Å². The molecular formula is C19H29N3O. The Hall–Kier alpha value is -1.10. The van der Waals surface area contributed by atoms with E-state index < -0.39 is 0 Å². The van der Waals surface area contributed by atoms with Gasteiger partial charge in [0, 0.05) is 43.4 Å². The van der Waals surface area contributed by atoms with Crippen LogP contribution in [0.3, 0.4) is 0 Å². The summed E-state index contributed by atoms with van der Waals surface area (Å²) in [5.41, 5.74) is 1.36. The predicted molar refractivity (Wildman–Crippen MR) is 93.9 cm³/mol. The van der Waals surface area contributed by atoms with E-state index in [-0.39, 0.29) is 0 Å². The number of ether oxygens (including phenoxy) is 1. The molecule has 1 saturated carbocycles. The van der Waals surface area contributed by atoms with E-state index >= 15 is 0 Å². The van der Waals surface area contributed by atoms with E-state index in [1.165, 1.54) is 37.9 Å². The van der Waals surface area contributed by atoms with Gasteiger partial charge in [-0.15, -0.1) is 0 Å². The van der Waals surface area contributed by atoms with Gasteiger partial charge in [-0.2, -0.15) is 0 Å². The van der Waals surface area contributed by atoms with Gasteiger partial charge in [0.25, 0.3) is 0 Å². The maximum atomic E-state index is 5.69. The Labute approximate surface area is 139 Å². The van der Waals surface area contributed by atoms with Crippen LogP contribution >= 0.6 is 0 Å². The zero-order valence-corrected chi connectivity index (χ0v) is 13.9. The highest BCUT2D eigenvalue weighted by molar-refractivity contribution is 5.47. The highest BCUT2D eigenvalue weighted by atomic mass is 16.5. The van der Waals surface area contributed by atoms with Crippen molar-refractivity contribution in [2.45, 2.75) is 43.8 Å². The molecule has 23 heavy (non-hydrogen) atoms. The van der Waals surface area contributed by atoms with Crippen LogP contribution < -0.4 is 15.5 Å². The minimum Gasteiger partial charge on any atom is -0.379 e. The fraction of sp³-hybridized carbons (Fsp3) is 0.684. The van der Waals surface area contributed by atoms with Gasteiger partial charge in [-0.25, -0.2) is 0 Å². The molecule has 1 aromatic rings. The molecule has 4 rings (SSSR count). The number of benzene rings is 1. The van der Waals surface area contributed by atoms with Crippen LogP contribution in [0.4, 0.5) is 5.69 Å². The summed E-state index contributed by atoms with van der Waals surface area (Å²) in [4.78, 5) is 2.52. The van der Waals surface area contributed by atoms with E-state index in [1.54, 1.807) is 0 Å². The van der Waals surface area contributed by atoms with Crippen molar-refractivity contribution >= 4 is 5.69 Å². The second kappa shape index (κ2) is 7.20. The molecule has 2 N–H and O–H groups in total. The minimum absolute atomic E-state index is 0.551. The standard InChI is InChI=1S/C19H29N3O/c1-2-5-16(6-3-1)22-11-9-15(13-22)21-18-8-4-7-17(18)19-14-23-12-10-20-19/h1-3,5-6,15,17-21H,4,7-14H2. The number of rotatable bonds is 4. The van der Waals surface area contributed by atoms with Gasteiger partial charge < -0.3 is 20.3 Å². The molecule has 3 aliphatic rings. The van der Waals surface area contributed by atoms with Crippen molar-refractivity contribution in [1.29, 1.82) is 0 Å². The van der Waals surface area contributed by atoms with Crippen molar-refractivity contribution in [2.75, 3.05) is 37.7 Å². The molecule has 1 aliphatic carbocycles. The van der Waals surface area contributed by atoms with Crippen molar-refractivity contribution in [1.82, 2.24) is 10.6 Å². The Morgan fingerprint density at radius 3 is 2.87 bits per heavy atom. The van der Waals surface area contributed by atoms with Crippen molar-refractivity contribution < 1.29 is 4.74 Å². The van der Waals surface area contributed by atoms with Crippen molar-refractivity contribution in [3.05, 3.63) is 30.3 Å². The van der Waals surface area contributed by atoms with Crippen LogP contribution in [0, 0.1) is 5.92 Å². The van der Waals surface area contributed by atoms with Gasteiger partial charge >= 0.3 is 0 Å². The van der Waals surface area contributed by atoms with Gasteiger partial charge in [-0.3, -0.25) is 0 Å². The Bertz CT molecular complexity index is 489. The maximum Gasteiger partial charge on any atom is 0.0623 e. The van der Waals surface area contributed by atoms with Gasteiger partial charge in [0.1, 0.15) is 0 Å². The average molecular weight is 315 g/mol. The molecule has 2 saturated heterocycles. The molecule has 126 valence electrons. The van der Waals surface area contributed by atoms with E-state index in [4.69, 9.17) is 4.74 Å². The van der Waals surface area contributed by atoms with Crippen LogP contribution in [0.15, 0.2) is 30.3 Å². The molecule has 1 aromatic carbocycles. The molecule has 4 unspecified atom stereocenters. The first-order valence-electron chi connectivity index (χ1n) is 9.27. The molecule has 0 aromatic heterocycles. The minimum atomic E-state index is 0.551. The van der Waals surface area contributed by atoms with Crippen LogP contribution in [0.25, 0.3) is 0 Å². The number of morpholine rings is 1. The number of hydrogen-bond acceptors (Lipinski definition) is 4. The van der Waals surface area contributed by atoms with Crippen LogP contribution in [0.5, 0.6) is 0 Å². The number of nitrogens with one attached hydrogen (secondary N) is 2. The van der Waals surface area contributed by atoms with Gasteiger partial charge in [0.15, 0.2) is 0 Å². The molecule has 0 amide bonds. The lowest BCUT2D eigenvalue weighted by molar-refractivity contribution is 0.0518. The Kier molecular flexibility index (Phi) is 4.83. The highest BCUT2D eigenvalue weighted by Crippen LogP contribution is 2.31. The first-order chi connectivity index (χ1) is 11.4. The summed E-state index contributed by atoms with van der Waals surface area (Å²) in [6, 6.07) is 12.7. The van der Waals surface area contributed by atoms with Crippen molar-refractivity contribution in [2.24, 2.45) is 5.92 Å². The highest BCUT2D eigenvalue weighted by Gasteiger charge is 2.36. The molecule has 3 fully saturated rings. The monoisotopic (exact) mass is 315 g/mol. The third kappa shape index (κ3) is 3.54. The zero-order valence-electron chi connectivity index (χ0n) is 13.9. The molecule has 0 spiro atoms. The molecule has 0 bridgehead atoms. The summed E-state index contributed by atoms with van der Waals surface area (Å²) >= 11 is 0. The quantitative estimate of drug-likeness (QED) is 0.891. The largest absolute Gasteiger partial charge is 0.379 e. The summed E-state index contributed by atoms with van der Waals surface area (Å²) in [7, 11) is 0. The first-order valence-corrected chi connectivity index (χ1v) is 9.27. The second-order valence-electron chi connectivity index (χ2n) is 7.27. The van der Waals surface area contributed by atoms with Gasteiger partial charge in [-0.05, 0) is 37.3 Å². The molecule has 4 nitrogen and oxygen atoms in total. The topological polar surface area (TPSA) is 36.5 Å². The molecule has 0 radical (unpaired) electrons. The fourth-order valence-corrected chi connectivity index (χ4v) is 4.61. The summed E-state index contributed by atoms with van der Waals surface area (Å²) in [5.74, 6) is 0.737. The second-order valence-corrected chi connectivity index (χ2v) is 7.27. The lowest BCUT2D eigenvalue weighted by Crippen LogP contribution is -2.52. The summed E-state index contributed by atoms with van der Waals surface area (Å²) in [6.45, 7) is 5.09. The van der Waals surface area contributed by atoms with E-state index in [1.807, 2.05) is 0 Å². The normalized spacial score (nSPS) is 34.9. The summed E-state index contributed by atoms with van der Waals surface area (Å²) in [5, 5.41) is 7.66. The Morgan fingerprint density at radius 1 is 1.13 bits per heavy atom. The smallest absolute Gasteiger partial charge is 0.0623 e. The molecule has 4 heteroatoms. The summed E-state index contributed by atoms with van der Waals surface area (Å²) in [6.07, 6.45) is 5.28. The van der Waals surface area contributed by atoms with Crippen LogP contribution in [0.2, 0.25) is 0 Å². The lowest BCUT2D eigenvalue weighted by atomic mass is 9.93. The van der Waals surface area contributed by atoms with E-state index in [0.717, 1.165) is 32.2 Å². The van der Waals surface area contributed by atoms with Gasteiger partial charge in [-0.1, -0.05) is 24.6 Å².